The molecule has 0 aromatic carbocycles. The van der Waals surface area contributed by atoms with Crippen molar-refractivity contribution in [2.45, 2.75) is 76.6 Å². The van der Waals surface area contributed by atoms with E-state index in [0.29, 0.717) is 12.0 Å². The quantitative estimate of drug-likeness (QED) is 0.799. The minimum atomic E-state index is -0.110. The van der Waals surface area contributed by atoms with Gasteiger partial charge in [0.2, 0.25) is 0 Å². The van der Waals surface area contributed by atoms with Gasteiger partial charge in [0.1, 0.15) is 0 Å². The molecule has 3 aliphatic rings. The van der Waals surface area contributed by atoms with E-state index in [4.69, 9.17) is 0 Å². The van der Waals surface area contributed by atoms with Crippen LogP contribution in [0, 0.1) is 11.8 Å². The lowest BCUT2D eigenvalue weighted by Gasteiger charge is -2.49. The number of aliphatic hydroxyl groups excluding tert-OH is 1. The van der Waals surface area contributed by atoms with Crippen molar-refractivity contribution in [1.29, 1.82) is 0 Å². The second-order valence-electron chi connectivity index (χ2n) is 7.19. The third kappa shape index (κ3) is 3.14. The minimum absolute atomic E-state index is 0.110. The van der Waals surface area contributed by atoms with Crippen molar-refractivity contribution in [2.24, 2.45) is 11.8 Å². The highest BCUT2D eigenvalue weighted by atomic mass is 16.3. The molecule has 2 aliphatic carbocycles. The van der Waals surface area contributed by atoms with E-state index >= 15 is 0 Å². The monoisotopic (exact) mass is 266 g/mol. The molecule has 5 unspecified atom stereocenters. The third-order valence-corrected chi connectivity index (χ3v) is 5.57. The maximum atomic E-state index is 10.3. The van der Waals surface area contributed by atoms with Gasteiger partial charge in [-0.3, -0.25) is 4.90 Å². The summed E-state index contributed by atoms with van der Waals surface area (Å²) in [6.45, 7) is 6.82. The van der Waals surface area contributed by atoms with Gasteiger partial charge < -0.3 is 10.4 Å². The third-order valence-electron chi connectivity index (χ3n) is 5.57. The smallest absolute Gasteiger partial charge is 0.0578 e. The molecule has 2 N–H and O–H groups in total. The molecule has 3 rings (SSSR count). The second kappa shape index (κ2) is 5.71. The van der Waals surface area contributed by atoms with Crippen molar-refractivity contribution >= 4 is 0 Å². The Labute approximate surface area is 117 Å². The number of hydrogen-bond donors (Lipinski definition) is 2. The molecule has 1 saturated heterocycles. The molecule has 3 heteroatoms. The van der Waals surface area contributed by atoms with E-state index in [-0.39, 0.29) is 6.10 Å². The van der Waals surface area contributed by atoms with Crippen LogP contribution in [0.2, 0.25) is 0 Å². The van der Waals surface area contributed by atoms with E-state index in [1.165, 1.54) is 38.6 Å². The number of nitrogens with zero attached hydrogens (tertiary/aromatic N) is 1. The van der Waals surface area contributed by atoms with Crippen LogP contribution in [0.5, 0.6) is 0 Å². The van der Waals surface area contributed by atoms with Crippen molar-refractivity contribution in [2.75, 3.05) is 13.1 Å². The Hall–Kier alpha value is -0.120. The number of likely N-dealkylation sites (tertiary alicyclic amines) is 1. The fourth-order valence-corrected chi connectivity index (χ4v) is 3.95. The molecule has 19 heavy (non-hydrogen) atoms. The van der Waals surface area contributed by atoms with Crippen LogP contribution in [0.25, 0.3) is 0 Å². The van der Waals surface area contributed by atoms with E-state index < -0.39 is 0 Å². The summed E-state index contributed by atoms with van der Waals surface area (Å²) in [5, 5.41) is 14.0. The van der Waals surface area contributed by atoms with Crippen molar-refractivity contribution in [3.63, 3.8) is 0 Å². The molecule has 0 spiro atoms. The van der Waals surface area contributed by atoms with Crippen LogP contribution in [-0.2, 0) is 0 Å². The second-order valence-corrected chi connectivity index (χ2v) is 7.19. The standard InChI is InChI=1S/C16H30N2O/c1-3-16(19)12-8-14(17-13-5-6-13)10-18(9-12)15-7-4-11(15)2/h11-17,19H,3-10H2,1-2H3. The van der Waals surface area contributed by atoms with Gasteiger partial charge in [0.25, 0.3) is 0 Å². The van der Waals surface area contributed by atoms with E-state index in [1.807, 2.05) is 0 Å². The Morgan fingerprint density at radius 1 is 1.16 bits per heavy atom. The highest BCUT2D eigenvalue weighted by Gasteiger charge is 2.40. The lowest BCUT2D eigenvalue weighted by Crippen LogP contribution is -2.58. The summed E-state index contributed by atoms with van der Waals surface area (Å²) in [5.74, 6) is 1.34. The summed E-state index contributed by atoms with van der Waals surface area (Å²) in [7, 11) is 0. The van der Waals surface area contributed by atoms with E-state index in [0.717, 1.165) is 31.0 Å². The minimum Gasteiger partial charge on any atom is -0.393 e. The van der Waals surface area contributed by atoms with Crippen molar-refractivity contribution in [3.05, 3.63) is 0 Å². The molecule has 0 bridgehead atoms. The molecule has 0 aromatic heterocycles. The first-order valence-corrected chi connectivity index (χ1v) is 8.35. The molecule has 110 valence electrons. The molecular formula is C16H30N2O. The average Bonchev–Trinajstić information content (AvgIpc) is 3.19. The lowest BCUT2D eigenvalue weighted by atomic mass is 9.77. The first-order chi connectivity index (χ1) is 9.17. The van der Waals surface area contributed by atoms with Gasteiger partial charge >= 0.3 is 0 Å². The fourth-order valence-electron chi connectivity index (χ4n) is 3.95. The number of aliphatic hydroxyl groups is 1. The number of nitrogens with one attached hydrogen (secondary N) is 1. The average molecular weight is 266 g/mol. The lowest BCUT2D eigenvalue weighted by molar-refractivity contribution is -0.0163. The van der Waals surface area contributed by atoms with Gasteiger partial charge in [0.05, 0.1) is 6.10 Å². The summed E-state index contributed by atoms with van der Waals surface area (Å²) in [5.41, 5.74) is 0. The molecule has 3 nitrogen and oxygen atoms in total. The molecule has 1 heterocycles. The first kappa shape index (κ1) is 13.8. The highest BCUT2D eigenvalue weighted by Crippen LogP contribution is 2.35. The van der Waals surface area contributed by atoms with Crippen LogP contribution in [0.3, 0.4) is 0 Å². The van der Waals surface area contributed by atoms with E-state index in [2.05, 4.69) is 24.1 Å². The van der Waals surface area contributed by atoms with E-state index in [9.17, 15) is 5.11 Å². The Kier molecular flexibility index (Phi) is 4.16. The van der Waals surface area contributed by atoms with Gasteiger partial charge in [-0.2, -0.15) is 0 Å². The molecule has 2 saturated carbocycles. The van der Waals surface area contributed by atoms with Gasteiger partial charge in [0.15, 0.2) is 0 Å². The van der Waals surface area contributed by atoms with Crippen molar-refractivity contribution in [3.8, 4) is 0 Å². The molecular weight excluding hydrogens is 236 g/mol. The normalized spacial score (nSPS) is 41.8. The Morgan fingerprint density at radius 3 is 2.47 bits per heavy atom. The van der Waals surface area contributed by atoms with Gasteiger partial charge in [-0.15, -0.1) is 0 Å². The molecule has 0 radical (unpaired) electrons. The van der Waals surface area contributed by atoms with Crippen LogP contribution in [-0.4, -0.2) is 47.3 Å². The SMILES string of the molecule is CCC(O)C1CC(NC2CC2)CN(C2CCC2C)C1. The van der Waals surface area contributed by atoms with Gasteiger partial charge in [-0.05, 0) is 50.4 Å². The molecule has 1 aliphatic heterocycles. The maximum absolute atomic E-state index is 10.3. The Balaban J connectivity index is 1.62. The van der Waals surface area contributed by atoms with Gasteiger partial charge in [0, 0.05) is 31.2 Å². The van der Waals surface area contributed by atoms with Gasteiger partial charge in [-0.25, -0.2) is 0 Å². The number of hydrogen-bond acceptors (Lipinski definition) is 3. The Morgan fingerprint density at radius 2 is 1.95 bits per heavy atom. The van der Waals surface area contributed by atoms with Gasteiger partial charge in [-0.1, -0.05) is 13.8 Å². The molecule has 0 amide bonds. The predicted octanol–water partition coefficient (Wildman–Crippen LogP) is 2.00. The largest absolute Gasteiger partial charge is 0.393 e. The van der Waals surface area contributed by atoms with Crippen molar-refractivity contribution in [1.82, 2.24) is 10.2 Å². The topological polar surface area (TPSA) is 35.5 Å². The first-order valence-electron chi connectivity index (χ1n) is 8.35. The Bertz CT molecular complexity index is 305. The summed E-state index contributed by atoms with van der Waals surface area (Å²) >= 11 is 0. The highest BCUT2D eigenvalue weighted by molar-refractivity contribution is 4.96. The van der Waals surface area contributed by atoms with Crippen LogP contribution in [0.15, 0.2) is 0 Å². The van der Waals surface area contributed by atoms with E-state index in [1.54, 1.807) is 0 Å². The molecule has 0 aromatic rings. The zero-order chi connectivity index (χ0) is 13.4. The molecule has 5 atom stereocenters. The number of piperidine rings is 1. The van der Waals surface area contributed by atoms with Crippen LogP contribution in [0.1, 0.15) is 52.4 Å². The summed E-state index contributed by atoms with van der Waals surface area (Å²) in [4.78, 5) is 2.68. The zero-order valence-electron chi connectivity index (χ0n) is 12.5. The fraction of sp³-hybridized carbons (Fsp3) is 1.00. The maximum Gasteiger partial charge on any atom is 0.0578 e. The zero-order valence-corrected chi connectivity index (χ0v) is 12.5. The van der Waals surface area contributed by atoms with Crippen LogP contribution >= 0.6 is 0 Å². The van der Waals surface area contributed by atoms with Crippen LogP contribution in [0.4, 0.5) is 0 Å². The predicted molar refractivity (Wildman–Crippen MR) is 78.1 cm³/mol. The summed E-state index contributed by atoms with van der Waals surface area (Å²) in [6, 6.07) is 2.18. The van der Waals surface area contributed by atoms with Crippen molar-refractivity contribution < 1.29 is 5.11 Å². The summed E-state index contributed by atoms with van der Waals surface area (Å²) < 4.78 is 0. The van der Waals surface area contributed by atoms with Crippen LogP contribution < -0.4 is 5.32 Å². The number of rotatable bonds is 5. The summed E-state index contributed by atoms with van der Waals surface area (Å²) in [6.07, 6.45) is 7.43. The molecule has 3 fully saturated rings.